The number of hydrogen-bond donors (Lipinski definition) is 0. The van der Waals surface area contributed by atoms with Crippen molar-refractivity contribution in [2.75, 3.05) is 13.1 Å². The average molecular weight is 374 g/mol. The van der Waals surface area contributed by atoms with E-state index in [9.17, 15) is 10.1 Å². The van der Waals surface area contributed by atoms with E-state index >= 15 is 0 Å². The Morgan fingerprint density at radius 1 is 1.08 bits per heavy atom. The van der Waals surface area contributed by atoms with Crippen molar-refractivity contribution in [3.05, 3.63) is 64.3 Å². The molecule has 0 saturated heterocycles. The lowest BCUT2D eigenvalue weighted by Crippen LogP contribution is -2.23. The molecule has 2 aromatic carbocycles. The second kappa shape index (κ2) is 8.34. The molecule has 0 N–H and O–H groups in total. The second-order valence-electron chi connectivity index (χ2n) is 6.17. The van der Waals surface area contributed by atoms with Crippen LogP contribution in [-0.2, 0) is 13.6 Å². The van der Waals surface area contributed by atoms with Gasteiger partial charge in [-0.15, -0.1) is 12.4 Å². The van der Waals surface area contributed by atoms with E-state index in [0.717, 1.165) is 41.7 Å². The summed E-state index contributed by atoms with van der Waals surface area (Å²) < 4.78 is 2.17. The lowest BCUT2D eigenvalue weighted by Gasteiger charge is -2.20. The molecule has 0 atom stereocenters. The standard InChI is InChI=1S/C20H23N3O2.ClH/c1-4-22(5-2)14-19-20(15-9-7-6-8-10-15)17-13-16(23(24)25)11-12-18(17)21(19)3;/h6-13H,4-5,14H2,1-3H3;1H. The fourth-order valence-corrected chi connectivity index (χ4v) is 3.37. The molecule has 3 aromatic rings. The summed E-state index contributed by atoms with van der Waals surface area (Å²) in [6, 6.07) is 15.3. The Balaban J connectivity index is 0.00000243. The summed E-state index contributed by atoms with van der Waals surface area (Å²) in [6.07, 6.45) is 0. The summed E-state index contributed by atoms with van der Waals surface area (Å²) in [5.41, 5.74) is 4.52. The third-order valence-electron chi connectivity index (χ3n) is 4.85. The minimum atomic E-state index is -0.328. The van der Waals surface area contributed by atoms with Crippen molar-refractivity contribution < 1.29 is 4.92 Å². The molecule has 0 saturated carbocycles. The van der Waals surface area contributed by atoms with Gasteiger partial charge < -0.3 is 4.57 Å². The number of rotatable bonds is 6. The quantitative estimate of drug-likeness (QED) is 0.450. The zero-order valence-corrected chi connectivity index (χ0v) is 16.1. The molecule has 1 aromatic heterocycles. The van der Waals surface area contributed by atoms with E-state index in [4.69, 9.17) is 0 Å². The number of fused-ring (bicyclic) bond motifs is 1. The normalized spacial score (nSPS) is 10.9. The molecule has 3 rings (SSSR count). The summed E-state index contributed by atoms with van der Waals surface area (Å²) in [6.45, 7) is 7.05. The monoisotopic (exact) mass is 373 g/mol. The van der Waals surface area contributed by atoms with Gasteiger partial charge in [0.15, 0.2) is 0 Å². The number of non-ortho nitro benzene ring substituents is 1. The Morgan fingerprint density at radius 3 is 2.31 bits per heavy atom. The molecule has 0 bridgehead atoms. The Kier molecular flexibility index (Phi) is 6.40. The Morgan fingerprint density at radius 2 is 1.73 bits per heavy atom. The SMILES string of the molecule is CCN(CC)Cc1c(-c2ccccc2)c2cc([N+](=O)[O-])ccc2n1C.Cl. The first-order valence-corrected chi connectivity index (χ1v) is 8.60. The van der Waals surface area contributed by atoms with Crippen LogP contribution < -0.4 is 0 Å². The molecule has 6 heteroatoms. The van der Waals surface area contributed by atoms with Crippen LogP contribution in [0.4, 0.5) is 5.69 Å². The average Bonchev–Trinajstić information content (AvgIpc) is 2.91. The largest absolute Gasteiger partial charge is 0.346 e. The first kappa shape index (κ1) is 19.9. The highest BCUT2D eigenvalue weighted by Crippen LogP contribution is 2.36. The van der Waals surface area contributed by atoms with Crippen molar-refractivity contribution >= 4 is 29.0 Å². The molecule has 0 radical (unpaired) electrons. The van der Waals surface area contributed by atoms with Crippen LogP contribution in [0.25, 0.3) is 22.0 Å². The first-order chi connectivity index (χ1) is 12.1. The van der Waals surface area contributed by atoms with Crippen LogP contribution in [0.2, 0.25) is 0 Å². The van der Waals surface area contributed by atoms with Gasteiger partial charge in [0.25, 0.3) is 5.69 Å². The number of aromatic nitrogens is 1. The minimum Gasteiger partial charge on any atom is -0.346 e. The number of halogens is 1. The van der Waals surface area contributed by atoms with Crippen LogP contribution in [0.5, 0.6) is 0 Å². The van der Waals surface area contributed by atoms with E-state index in [1.807, 2.05) is 31.3 Å². The predicted molar refractivity (Wildman–Crippen MR) is 109 cm³/mol. The number of nitro groups is 1. The van der Waals surface area contributed by atoms with Crippen molar-refractivity contribution in [3.63, 3.8) is 0 Å². The lowest BCUT2D eigenvalue weighted by molar-refractivity contribution is -0.384. The van der Waals surface area contributed by atoms with Gasteiger partial charge in [0.1, 0.15) is 0 Å². The molecule has 0 aliphatic carbocycles. The molecule has 138 valence electrons. The highest BCUT2D eigenvalue weighted by atomic mass is 35.5. The van der Waals surface area contributed by atoms with Crippen molar-refractivity contribution in [1.82, 2.24) is 9.47 Å². The van der Waals surface area contributed by atoms with Crippen molar-refractivity contribution in [2.24, 2.45) is 7.05 Å². The Bertz CT molecular complexity index is 902. The fraction of sp³-hybridized carbons (Fsp3) is 0.300. The van der Waals surface area contributed by atoms with E-state index in [1.54, 1.807) is 12.1 Å². The molecular formula is C20H24ClN3O2. The number of nitro benzene ring substituents is 1. The highest BCUT2D eigenvalue weighted by Gasteiger charge is 2.20. The number of hydrogen-bond acceptors (Lipinski definition) is 3. The summed E-state index contributed by atoms with van der Waals surface area (Å²) in [5.74, 6) is 0. The van der Waals surface area contributed by atoms with Crippen molar-refractivity contribution in [2.45, 2.75) is 20.4 Å². The summed E-state index contributed by atoms with van der Waals surface area (Å²) in [5, 5.41) is 12.2. The van der Waals surface area contributed by atoms with Crippen LogP contribution in [0, 0.1) is 10.1 Å². The maximum absolute atomic E-state index is 11.2. The molecule has 5 nitrogen and oxygen atoms in total. The molecule has 0 aliphatic heterocycles. The van der Waals surface area contributed by atoms with E-state index in [1.165, 1.54) is 5.69 Å². The topological polar surface area (TPSA) is 51.3 Å². The van der Waals surface area contributed by atoms with Gasteiger partial charge in [-0.2, -0.15) is 0 Å². The summed E-state index contributed by atoms with van der Waals surface area (Å²) in [4.78, 5) is 13.3. The molecule has 0 unspecified atom stereocenters. The number of aryl methyl sites for hydroxylation is 1. The van der Waals surface area contributed by atoms with E-state index < -0.39 is 0 Å². The van der Waals surface area contributed by atoms with Crippen LogP contribution >= 0.6 is 12.4 Å². The van der Waals surface area contributed by atoms with Crippen LogP contribution in [0.1, 0.15) is 19.5 Å². The molecular weight excluding hydrogens is 350 g/mol. The minimum absolute atomic E-state index is 0. The zero-order chi connectivity index (χ0) is 18.0. The fourth-order valence-electron chi connectivity index (χ4n) is 3.37. The van der Waals surface area contributed by atoms with Gasteiger partial charge >= 0.3 is 0 Å². The van der Waals surface area contributed by atoms with E-state index in [0.29, 0.717) is 0 Å². The van der Waals surface area contributed by atoms with Crippen LogP contribution in [0.3, 0.4) is 0 Å². The third kappa shape index (κ3) is 3.59. The smallest absolute Gasteiger partial charge is 0.270 e. The summed E-state index contributed by atoms with van der Waals surface area (Å²) >= 11 is 0. The van der Waals surface area contributed by atoms with Gasteiger partial charge in [-0.25, -0.2) is 0 Å². The van der Waals surface area contributed by atoms with E-state index in [-0.39, 0.29) is 23.0 Å². The molecule has 1 heterocycles. The zero-order valence-electron chi connectivity index (χ0n) is 15.3. The maximum atomic E-state index is 11.2. The third-order valence-corrected chi connectivity index (χ3v) is 4.85. The molecule has 26 heavy (non-hydrogen) atoms. The maximum Gasteiger partial charge on any atom is 0.270 e. The van der Waals surface area contributed by atoms with Crippen LogP contribution in [0.15, 0.2) is 48.5 Å². The van der Waals surface area contributed by atoms with Crippen molar-refractivity contribution in [1.29, 1.82) is 0 Å². The van der Waals surface area contributed by atoms with Crippen molar-refractivity contribution in [3.8, 4) is 11.1 Å². The van der Waals surface area contributed by atoms with E-state index in [2.05, 4.69) is 35.4 Å². The van der Waals surface area contributed by atoms with Gasteiger partial charge in [-0.05, 0) is 24.7 Å². The van der Waals surface area contributed by atoms with Gasteiger partial charge in [-0.1, -0.05) is 44.2 Å². The number of nitrogens with zero attached hydrogens (tertiary/aromatic N) is 3. The van der Waals surface area contributed by atoms with Gasteiger partial charge in [0, 0.05) is 47.9 Å². The summed E-state index contributed by atoms with van der Waals surface area (Å²) in [7, 11) is 2.04. The van der Waals surface area contributed by atoms with Crippen LogP contribution in [-0.4, -0.2) is 27.5 Å². The van der Waals surface area contributed by atoms with Gasteiger partial charge in [-0.3, -0.25) is 15.0 Å². The Hall–Kier alpha value is -2.37. The molecule has 0 aliphatic rings. The molecule has 0 spiro atoms. The van der Waals surface area contributed by atoms with Gasteiger partial charge in [0.2, 0.25) is 0 Å². The molecule has 0 fully saturated rings. The van der Waals surface area contributed by atoms with Gasteiger partial charge in [0.05, 0.1) is 4.92 Å². The number of benzene rings is 2. The second-order valence-corrected chi connectivity index (χ2v) is 6.17. The molecule has 0 amide bonds. The lowest BCUT2D eigenvalue weighted by atomic mass is 10.0. The first-order valence-electron chi connectivity index (χ1n) is 8.60. The highest BCUT2D eigenvalue weighted by molar-refractivity contribution is 5.99. The Labute approximate surface area is 159 Å². The predicted octanol–water partition coefficient (Wildman–Crippen LogP) is 5.02.